The Bertz CT molecular complexity index is 1030. The molecule has 0 N–H and O–H groups in total. The molecule has 0 aliphatic rings. The highest BCUT2D eigenvalue weighted by molar-refractivity contribution is 7.22. The Morgan fingerprint density at radius 1 is 1.13 bits per heavy atom. The maximum absolute atomic E-state index is 14.1. The first-order valence-electron chi connectivity index (χ1n) is 9.68. The van der Waals surface area contributed by atoms with Gasteiger partial charge in [0, 0.05) is 19.2 Å². The van der Waals surface area contributed by atoms with E-state index in [2.05, 4.69) is 18.8 Å². The number of nitrogens with zero attached hydrogens (tertiary/aromatic N) is 3. The highest BCUT2D eigenvalue weighted by Crippen LogP contribution is 2.31. The minimum absolute atomic E-state index is 0. The van der Waals surface area contributed by atoms with E-state index < -0.39 is 11.6 Å². The molecule has 31 heavy (non-hydrogen) atoms. The Hall–Kier alpha value is -2.29. The summed E-state index contributed by atoms with van der Waals surface area (Å²) in [5, 5.41) is 0.320. The molecule has 0 radical (unpaired) electrons. The number of hydrogen-bond donors (Lipinski definition) is 0. The molecular weight excluding hydrogens is 444 g/mol. The summed E-state index contributed by atoms with van der Waals surface area (Å²) in [6.07, 6.45) is 0. The topological polar surface area (TPSA) is 45.7 Å². The number of amides is 1. The van der Waals surface area contributed by atoms with Crippen LogP contribution in [0.3, 0.4) is 0 Å². The van der Waals surface area contributed by atoms with Crippen molar-refractivity contribution >= 4 is 45.0 Å². The molecule has 0 fully saturated rings. The standard InChI is InChI=1S/C22H25F2N3O2S.ClH/c1-14(2)15-5-7-17(8-6-15)29-13-20(28)27(10-9-26(3)4)22-25-21-18(24)11-16(23)12-19(21)30-22;/h5-8,11-12,14H,9-10,13H2,1-4H3;1H. The summed E-state index contributed by atoms with van der Waals surface area (Å²) in [4.78, 5) is 20.6. The Morgan fingerprint density at radius 2 is 1.81 bits per heavy atom. The lowest BCUT2D eigenvalue weighted by Gasteiger charge is -2.22. The van der Waals surface area contributed by atoms with Crippen LogP contribution in [0.15, 0.2) is 36.4 Å². The van der Waals surface area contributed by atoms with Gasteiger partial charge >= 0.3 is 0 Å². The number of hydrogen-bond acceptors (Lipinski definition) is 5. The Balaban J connectivity index is 0.00000341. The molecule has 3 aromatic rings. The average Bonchev–Trinajstić information content (AvgIpc) is 3.10. The predicted molar refractivity (Wildman–Crippen MR) is 124 cm³/mol. The van der Waals surface area contributed by atoms with Crippen LogP contribution in [0.1, 0.15) is 25.3 Å². The van der Waals surface area contributed by atoms with Crippen molar-refractivity contribution in [3.63, 3.8) is 0 Å². The third-order valence-corrected chi connectivity index (χ3v) is 5.64. The zero-order valence-corrected chi connectivity index (χ0v) is 19.5. The molecule has 9 heteroatoms. The van der Waals surface area contributed by atoms with E-state index in [9.17, 15) is 13.6 Å². The van der Waals surface area contributed by atoms with E-state index in [-0.39, 0.29) is 30.4 Å². The summed E-state index contributed by atoms with van der Waals surface area (Å²) in [5.74, 6) is -0.711. The minimum atomic E-state index is -0.742. The number of carbonyl (C=O) groups excluding carboxylic acids is 1. The molecule has 1 amide bonds. The molecule has 0 spiro atoms. The minimum Gasteiger partial charge on any atom is -0.484 e. The Labute approximate surface area is 191 Å². The summed E-state index contributed by atoms with van der Waals surface area (Å²) in [6.45, 7) is 4.97. The van der Waals surface area contributed by atoms with E-state index in [4.69, 9.17) is 4.74 Å². The second-order valence-electron chi connectivity index (χ2n) is 7.59. The van der Waals surface area contributed by atoms with E-state index >= 15 is 0 Å². The molecule has 0 unspecified atom stereocenters. The fourth-order valence-electron chi connectivity index (χ4n) is 2.86. The van der Waals surface area contributed by atoms with Crippen LogP contribution in [-0.2, 0) is 4.79 Å². The molecule has 0 atom stereocenters. The second kappa shape index (κ2) is 10.8. The number of thiazole rings is 1. The van der Waals surface area contributed by atoms with Crippen molar-refractivity contribution in [3.05, 3.63) is 53.6 Å². The van der Waals surface area contributed by atoms with Crippen molar-refractivity contribution in [2.24, 2.45) is 0 Å². The smallest absolute Gasteiger partial charge is 0.266 e. The van der Waals surface area contributed by atoms with Gasteiger partial charge in [0.15, 0.2) is 17.6 Å². The van der Waals surface area contributed by atoms with Gasteiger partial charge in [-0.1, -0.05) is 37.3 Å². The number of ether oxygens (including phenoxy) is 1. The predicted octanol–water partition coefficient (Wildman–Crippen LogP) is 5.09. The van der Waals surface area contributed by atoms with Gasteiger partial charge in [-0.25, -0.2) is 13.8 Å². The molecule has 3 rings (SSSR count). The molecule has 0 saturated heterocycles. The van der Waals surface area contributed by atoms with Crippen LogP contribution in [0.5, 0.6) is 5.75 Å². The number of aromatic nitrogens is 1. The molecule has 5 nitrogen and oxygen atoms in total. The van der Waals surface area contributed by atoms with E-state index in [1.54, 1.807) is 0 Å². The van der Waals surface area contributed by atoms with Gasteiger partial charge in [0.2, 0.25) is 0 Å². The highest BCUT2D eigenvalue weighted by Gasteiger charge is 2.22. The fraction of sp³-hybridized carbons (Fsp3) is 0.364. The lowest BCUT2D eigenvalue weighted by molar-refractivity contribution is -0.120. The summed E-state index contributed by atoms with van der Waals surface area (Å²) in [6, 6.07) is 9.63. The van der Waals surface area contributed by atoms with Crippen LogP contribution in [0, 0.1) is 11.6 Å². The van der Waals surface area contributed by atoms with E-state index in [1.165, 1.54) is 16.5 Å². The summed E-state index contributed by atoms with van der Waals surface area (Å²) in [5.41, 5.74) is 1.24. The van der Waals surface area contributed by atoms with Crippen molar-refractivity contribution < 1.29 is 18.3 Å². The molecule has 0 aliphatic carbocycles. The van der Waals surface area contributed by atoms with Crippen LogP contribution >= 0.6 is 23.7 Å². The van der Waals surface area contributed by atoms with Crippen LogP contribution in [0.25, 0.3) is 10.2 Å². The number of benzene rings is 2. The van der Waals surface area contributed by atoms with Gasteiger partial charge < -0.3 is 9.64 Å². The van der Waals surface area contributed by atoms with Gasteiger partial charge in [-0.15, -0.1) is 12.4 Å². The normalized spacial score (nSPS) is 11.1. The van der Waals surface area contributed by atoms with Gasteiger partial charge in [0.05, 0.1) is 4.70 Å². The maximum atomic E-state index is 14.1. The lowest BCUT2D eigenvalue weighted by Crippen LogP contribution is -2.39. The molecule has 0 aliphatic heterocycles. The molecule has 1 aromatic heterocycles. The SMILES string of the molecule is CC(C)c1ccc(OCC(=O)N(CCN(C)C)c2nc3c(F)cc(F)cc3s2)cc1.Cl. The average molecular weight is 470 g/mol. The van der Waals surface area contributed by atoms with E-state index in [1.807, 2.05) is 43.3 Å². The third-order valence-electron chi connectivity index (χ3n) is 4.61. The summed E-state index contributed by atoms with van der Waals surface area (Å²) >= 11 is 1.08. The maximum Gasteiger partial charge on any atom is 0.266 e. The van der Waals surface area contributed by atoms with Gasteiger partial charge in [-0.05, 0) is 43.8 Å². The number of anilines is 1. The third kappa shape index (κ3) is 6.35. The number of likely N-dealkylation sites (N-methyl/N-ethyl adjacent to an activating group) is 1. The lowest BCUT2D eigenvalue weighted by atomic mass is 10.0. The van der Waals surface area contributed by atoms with Crippen LogP contribution in [-0.4, -0.2) is 49.6 Å². The summed E-state index contributed by atoms with van der Waals surface area (Å²) < 4.78 is 33.6. The Kier molecular flexibility index (Phi) is 8.73. The first-order chi connectivity index (χ1) is 14.2. The number of halogens is 3. The van der Waals surface area contributed by atoms with Crippen LogP contribution in [0.2, 0.25) is 0 Å². The number of rotatable bonds is 8. The van der Waals surface area contributed by atoms with Gasteiger partial charge in [-0.3, -0.25) is 9.69 Å². The largest absolute Gasteiger partial charge is 0.484 e. The first-order valence-corrected chi connectivity index (χ1v) is 10.5. The van der Waals surface area contributed by atoms with Crippen LogP contribution in [0.4, 0.5) is 13.9 Å². The number of fused-ring (bicyclic) bond motifs is 1. The fourth-order valence-corrected chi connectivity index (χ4v) is 3.91. The van der Waals surface area contributed by atoms with Crippen molar-refractivity contribution in [3.8, 4) is 5.75 Å². The molecule has 2 aromatic carbocycles. The van der Waals surface area contributed by atoms with Gasteiger partial charge in [0.1, 0.15) is 17.1 Å². The second-order valence-corrected chi connectivity index (χ2v) is 8.60. The zero-order valence-electron chi connectivity index (χ0n) is 17.9. The first kappa shape index (κ1) is 25.0. The zero-order chi connectivity index (χ0) is 21.8. The molecular formula is C22H26ClF2N3O2S. The molecule has 0 bridgehead atoms. The molecule has 0 saturated carbocycles. The molecule has 1 heterocycles. The van der Waals surface area contributed by atoms with Crippen molar-refractivity contribution in [2.45, 2.75) is 19.8 Å². The molecule has 168 valence electrons. The number of carbonyl (C=O) groups is 1. The van der Waals surface area contributed by atoms with E-state index in [0.717, 1.165) is 17.4 Å². The monoisotopic (exact) mass is 469 g/mol. The van der Waals surface area contributed by atoms with Crippen molar-refractivity contribution in [1.82, 2.24) is 9.88 Å². The van der Waals surface area contributed by atoms with Crippen molar-refractivity contribution in [1.29, 1.82) is 0 Å². The van der Waals surface area contributed by atoms with Gasteiger partial charge in [0.25, 0.3) is 5.91 Å². The quantitative estimate of drug-likeness (QED) is 0.461. The highest BCUT2D eigenvalue weighted by atomic mass is 35.5. The van der Waals surface area contributed by atoms with E-state index in [0.29, 0.717) is 34.6 Å². The van der Waals surface area contributed by atoms with Crippen LogP contribution < -0.4 is 9.64 Å². The summed E-state index contributed by atoms with van der Waals surface area (Å²) in [7, 11) is 3.78. The van der Waals surface area contributed by atoms with Gasteiger partial charge in [-0.2, -0.15) is 0 Å². The Morgan fingerprint density at radius 3 is 2.42 bits per heavy atom. The van der Waals surface area contributed by atoms with Crippen molar-refractivity contribution in [2.75, 3.05) is 38.7 Å².